The first-order valence-corrected chi connectivity index (χ1v) is 21.8. The van der Waals surface area contributed by atoms with Crippen molar-refractivity contribution in [3.63, 3.8) is 0 Å². The number of hydrogen-bond donors (Lipinski definition) is 3. The molecule has 14 nitrogen and oxygen atoms in total. The van der Waals surface area contributed by atoms with Crippen LogP contribution in [0.1, 0.15) is 108 Å². The van der Waals surface area contributed by atoms with Gasteiger partial charge in [0.2, 0.25) is 0 Å². The van der Waals surface area contributed by atoms with Crippen molar-refractivity contribution in [3.8, 4) is 0 Å². The summed E-state index contributed by atoms with van der Waals surface area (Å²) in [5.74, 6) is -8.04. The molecule has 0 aromatic heterocycles. The molecular weight excluding hydrogens is 752 g/mol. The smallest absolute Gasteiger partial charge is 0.311 e. The standard InChI is InChI=1S/C44H76O14/c1-21-29(49-12)20-43(56-31(21)22(2)32-23(3)34(51-14)27(7)44(48,57-32)28(8)39(45)46)19-18-40(9,58-43)30-16-17-41(10,54-30)38-25(5)35(52-15)37(53-38)36-24(4)33(50-13)26(6)42(11,47)55-36/h21-38,47-48H,16-20H2,1-15H3,(H,45,46)/t21-,22+,23+,24+,25-,26+,27-,28+,29-,30-,31+,32+,33+,34-,35-,36-,37+,38+,40+,41+,42-,43+,44+/m1/s1. The molecule has 0 aromatic carbocycles. The second-order valence-corrected chi connectivity index (χ2v) is 19.9. The first-order chi connectivity index (χ1) is 27.0. The number of ether oxygens (including phenoxy) is 10. The summed E-state index contributed by atoms with van der Waals surface area (Å²) in [6, 6.07) is 0. The van der Waals surface area contributed by atoms with E-state index in [0.717, 1.165) is 12.8 Å². The Labute approximate surface area is 346 Å². The van der Waals surface area contributed by atoms with Gasteiger partial charge in [0.25, 0.3) is 0 Å². The number of rotatable bonds is 11. The Hall–Kier alpha value is -1.01. The average molecular weight is 829 g/mol. The maximum Gasteiger partial charge on any atom is 0.311 e. The van der Waals surface area contributed by atoms with Crippen molar-refractivity contribution in [2.75, 3.05) is 28.4 Å². The number of aliphatic carboxylic acids is 1. The first kappa shape index (κ1) is 46.5. The molecule has 6 heterocycles. The topological polar surface area (TPSA) is 170 Å². The van der Waals surface area contributed by atoms with E-state index in [-0.39, 0.29) is 66.0 Å². The average Bonchev–Trinajstić information content (AvgIpc) is 3.85. The SMILES string of the molecule is CO[C@@H]1[C@@H](C)[C@@H]([C@]2(C)CC[C@H]([C@]3(C)CC[C@@]4(C[C@@H](OC)[C@@H](C)[C@@H]([C@H](C)[C@@H]5O[C@](O)([C@@H](C)C(=O)O)[C@H](C)[C@H](OC)[C@H]5C)O4)O3)O2)O[C@@H]1[C@@H]1O[C@@](C)(O)[C@@H](C)[C@@H](OC)[C@@H]1C. The van der Waals surface area contributed by atoms with Crippen LogP contribution in [0, 0.1) is 47.3 Å². The van der Waals surface area contributed by atoms with Gasteiger partial charge < -0.3 is 62.7 Å². The minimum Gasteiger partial charge on any atom is -0.481 e. The van der Waals surface area contributed by atoms with Gasteiger partial charge in [0, 0.05) is 82.7 Å². The van der Waals surface area contributed by atoms with Crippen molar-refractivity contribution < 1.29 is 67.5 Å². The zero-order chi connectivity index (χ0) is 43.1. The van der Waals surface area contributed by atoms with Crippen molar-refractivity contribution in [1.29, 1.82) is 0 Å². The second kappa shape index (κ2) is 16.6. The highest BCUT2D eigenvalue weighted by molar-refractivity contribution is 5.70. The largest absolute Gasteiger partial charge is 0.481 e. The normalized spacial score (nSPS) is 54.8. The second-order valence-electron chi connectivity index (χ2n) is 19.9. The Morgan fingerprint density at radius 3 is 1.86 bits per heavy atom. The summed E-state index contributed by atoms with van der Waals surface area (Å²) >= 11 is 0. The van der Waals surface area contributed by atoms with Crippen LogP contribution in [0.25, 0.3) is 0 Å². The predicted octanol–water partition coefficient (Wildman–Crippen LogP) is 5.17. The molecule has 0 unspecified atom stereocenters. The molecule has 6 saturated heterocycles. The van der Waals surface area contributed by atoms with Crippen LogP contribution in [0.5, 0.6) is 0 Å². The van der Waals surface area contributed by atoms with Gasteiger partial charge in [-0.05, 0) is 47.0 Å². The molecule has 0 aromatic rings. The fourth-order valence-electron chi connectivity index (χ4n) is 12.5. The van der Waals surface area contributed by atoms with Crippen LogP contribution in [0.4, 0.5) is 0 Å². The van der Waals surface area contributed by atoms with Gasteiger partial charge in [-0.2, -0.15) is 0 Å². The number of hydrogen-bond acceptors (Lipinski definition) is 13. The maximum atomic E-state index is 12.2. The predicted molar refractivity (Wildman–Crippen MR) is 212 cm³/mol. The number of carbonyl (C=O) groups is 1. The van der Waals surface area contributed by atoms with Crippen LogP contribution in [0.15, 0.2) is 0 Å². The molecule has 0 amide bonds. The first-order valence-electron chi connectivity index (χ1n) is 21.8. The molecule has 6 rings (SSSR count). The lowest BCUT2D eigenvalue weighted by Gasteiger charge is -2.55. The molecule has 0 aliphatic carbocycles. The van der Waals surface area contributed by atoms with E-state index in [9.17, 15) is 20.1 Å². The highest BCUT2D eigenvalue weighted by Crippen LogP contribution is 2.55. The summed E-state index contributed by atoms with van der Waals surface area (Å²) in [6.45, 7) is 21.6. The van der Waals surface area contributed by atoms with Crippen molar-refractivity contribution >= 4 is 5.97 Å². The molecule has 1 spiro atoms. The summed E-state index contributed by atoms with van der Waals surface area (Å²) in [5, 5.41) is 33.1. The molecule has 14 heteroatoms. The van der Waals surface area contributed by atoms with Crippen LogP contribution in [0.3, 0.4) is 0 Å². The third-order valence-corrected chi connectivity index (χ3v) is 16.3. The Morgan fingerprint density at radius 2 is 1.28 bits per heavy atom. The quantitative estimate of drug-likeness (QED) is 0.249. The molecule has 6 fully saturated rings. The van der Waals surface area contributed by atoms with Gasteiger partial charge in [-0.1, -0.05) is 48.5 Å². The number of carboxylic acids is 1. The van der Waals surface area contributed by atoms with Gasteiger partial charge in [-0.3, -0.25) is 4.79 Å². The van der Waals surface area contributed by atoms with Crippen LogP contribution in [0.2, 0.25) is 0 Å². The molecule has 0 radical (unpaired) electrons. The van der Waals surface area contributed by atoms with Gasteiger partial charge in [0.1, 0.15) is 12.0 Å². The number of carboxylic acid groups (broad SMARTS) is 1. The summed E-state index contributed by atoms with van der Waals surface area (Å²) in [5.41, 5.74) is -1.32. The van der Waals surface area contributed by atoms with Gasteiger partial charge in [0.15, 0.2) is 17.4 Å². The zero-order valence-corrected chi connectivity index (χ0v) is 37.8. The van der Waals surface area contributed by atoms with Crippen molar-refractivity contribution in [1.82, 2.24) is 0 Å². The Morgan fingerprint density at radius 1 is 0.672 bits per heavy atom. The van der Waals surface area contributed by atoms with Gasteiger partial charge in [-0.15, -0.1) is 0 Å². The van der Waals surface area contributed by atoms with Gasteiger partial charge >= 0.3 is 5.97 Å². The Bertz CT molecular complexity index is 1450. The Balaban J connectivity index is 1.19. The summed E-state index contributed by atoms with van der Waals surface area (Å²) in [4.78, 5) is 12.2. The number of aliphatic hydroxyl groups is 2. The number of methoxy groups -OCH3 is 4. The molecule has 23 atom stereocenters. The van der Waals surface area contributed by atoms with Gasteiger partial charge in [0.05, 0.1) is 66.1 Å². The van der Waals surface area contributed by atoms with E-state index < -0.39 is 76.9 Å². The fraction of sp³-hybridized carbons (Fsp3) is 0.977. The summed E-state index contributed by atoms with van der Waals surface area (Å²) < 4.78 is 65.4. The molecule has 336 valence electrons. The molecule has 6 aliphatic rings. The molecule has 0 bridgehead atoms. The molecular formula is C44H76O14. The van der Waals surface area contributed by atoms with E-state index >= 15 is 0 Å². The third kappa shape index (κ3) is 7.62. The zero-order valence-electron chi connectivity index (χ0n) is 37.8. The van der Waals surface area contributed by atoms with E-state index in [1.807, 2.05) is 20.8 Å². The van der Waals surface area contributed by atoms with Gasteiger partial charge in [-0.25, -0.2) is 0 Å². The fourth-order valence-corrected chi connectivity index (χ4v) is 12.5. The highest BCUT2D eigenvalue weighted by atomic mass is 16.7. The highest BCUT2D eigenvalue weighted by Gasteiger charge is 2.64. The molecule has 6 aliphatic heterocycles. The van der Waals surface area contributed by atoms with E-state index in [2.05, 4.69) is 34.6 Å². The lowest BCUT2D eigenvalue weighted by atomic mass is 9.71. The maximum absolute atomic E-state index is 12.2. The van der Waals surface area contributed by atoms with E-state index in [4.69, 9.17) is 47.4 Å². The van der Waals surface area contributed by atoms with E-state index in [1.165, 1.54) is 6.92 Å². The van der Waals surface area contributed by atoms with Crippen molar-refractivity contribution in [2.24, 2.45) is 47.3 Å². The van der Waals surface area contributed by atoms with Crippen LogP contribution < -0.4 is 0 Å². The van der Waals surface area contributed by atoms with E-state index in [0.29, 0.717) is 19.3 Å². The van der Waals surface area contributed by atoms with Crippen LogP contribution in [-0.4, -0.2) is 139 Å². The summed E-state index contributed by atoms with van der Waals surface area (Å²) in [6.07, 6.45) is -0.175. The minimum atomic E-state index is -1.95. The minimum absolute atomic E-state index is 0.0300. The third-order valence-electron chi connectivity index (χ3n) is 16.3. The molecule has 3 N–H and O–H groups in total. The van der Waals surface area contributed by atoms with E-state index in [1.54, 1.807) is 42.3 Å². The van der Waals surface area contributed by atoms with Crippen LogP contribution in [-0.2, 0) is 52.2 Å². The van der Waals surface area contributed by atoms with Crippen molar-refractivity contribution in [2.45, 2.75) is 198 Å². The Kier molecular flexibility index (Phi) is 13.3. The monoisotopic (exact) mass is 829 g/mol. The lowest BCUT2D eigenvalue weighted by molar-refractivity contribution is -0.366. The van der Waals surface area contributed by atoms with Crippen LogP contribution >= 0.6 is 0 Å². The lowest BCUT2D eigenvalue weighted by Crippen LogP contribution is -2.65. The summed E-state index contributed by atoms with van der Waals surface area (Å²) in [7, 11) is 6.70. The van der Waals surface area contributed by atoms with Crippen molar-refractivity contribution in [3.05, 3.63) is 0 Å². The molecule has 58 heavy (non-hydrogen) atoms. The molecule has 0 saturated carbocycles.